The number of nitrogens with zero attached hydrogens (tertiary/aromatic N) is 2. The molecule has 1 amide bonds. The average Bonchev–Trinajstić information content (AvgIpc) is 3.13. The fourth-order valence-electron chi connectivity index (χ4n) is 2.73. The molecule has 6 heteroatoms. The number of aromatic nitrogens is 1. The second-order valence-corrected chi connectivity index (χ2v) is 7.53. The van der Waals surface area contributed by atoms with Crippen molar-refractivity contribution in [1.29, 1.82) is 0 Å². The number of thiazole rings is 1. The summed E-state index contributed by atoms with van der Waals surface area (Å²) in [5, 5.41) is 2.57. The minimum absolute atomic E-state index is 0.0491. The molecule has 1 aromatic heterocycles. The Balaban J connectivity index is 1.87. The minimum Gasteiger partial charge on any atom is -0.493 e. The normalized spacial score (nSPS) is 11.1. The molecule has 0 aliphatic heterocycles. The fraction of sp³-hybridized carbons (Fsp3) is 0.217. The summed E-state index contributed by atoms with van der Waals surface area (Å²) in [6.07, 6.45) is 3.36. The molecule has 1 heterocycles. The number of aryl methyl sites for hydroxylation is 1. The van der Waals surface area contributed by atoms with Crippen molar-refractivity contribution in [2.24, 2.45) is 0 Å². The van der Waals surface area contributed by atoms with Crippen molar-refractivity contribution in [3.8, 4) is 11.5 Å². The summed E-state index contributed by atoms with van der Waals surface area (Å²) in [5.41, 5.74) is 2.50. The molecule has 0 atom stereocenters. The number of rotatable bonds is 7. The lowest BCUT2D eigenvalue weighted by Gasteiger charge is -2.18. The number of ether oxygens (including phenoxy) is 2. The van der Waals surface area contributed by atoms with Crippen molar-refractivity contribution in [3.05, 3.63) is 71.2 Å². The van der Waals surface area contributed by atoms with Crippen molar-refractivity contribution in [2.75, 3.05) is 12.0 Å². The standard InChI is InChI=1S/C23H24N2O3S/c1-16(2)28-20-12-10-18(14-21(20)27-4)11-13-22(26)25(19-8-6-5-7-9-19)23-24-17(3)15-29-23/h5-16H,1-4H3. The van der Waals surface area contributed by atoms with E-state index in [4.69, 9.17) is 9.47 Å². The molecule has 0 saturated heterocycles. The highest BCUT2D eigenvalue weighted by Crippen LogP contribution is 2.31. The maximum Gasteiger partial charge on any atom is 0.257 e. The molecule has 3 rings (SSSR count). The Morgan fingerprint density at radius 3 is 2.52 bits per heavy atom. The number of hydrogen-bond donors (Lipinski definition) is 0. The number of methoxy groups -OCH3 is 1. The molecule has 150 valence electrons. The van der Waals surface area contributed by atoms with E-state index in [1.807, 2.05) is 74.7 Å². The van der Waals surface area contributed by atoms with E-state index in [0.29, 0.717) is 16.6 Å². The van der Waals surface area contributed by atoms with Crippen LogP contribution in [0, 0.1) is 6.92 Å². The number of benzene rings is 2. The van der Waals surface area contributed by atoms with E-state index in [-0.39, 0.29) is 12.0 Å². The van der Waals surface area contributed by atoms with E-state index in [0.717, 1.165) is 16.9 Å². The van der Waals surface area contributed by atoms with Gasteiger partial charge in [-0.2, -0.15) is 0 Å². The summed E-state index contributed by atoms with van der Waals surface area (Å²) < 4.78 is 11.2. The average molecular weight is 409 g/mol. The zero-order valence-corrected chi connectivity index (χ0v) is 17.8. The lowest BCUT2D eigenvalue weighted by atomic mass is 10.1. The largest absolute Gasteiger partial charge is 0.493 e. The van der Waals surface area contributed by atoms with Gasteiger partial charge in [-0.25, -0.2) is 4.98 Å². The number of amides is 1. The Morgan fingerprint density at radius 1 is 1.14 bits per heavy atom. The Morgan fingerprint density at radius 2 is 1.90 bits per heavy atom. The molecule has 0 N–H and O–H groups in total. The van der Waals surface area contributed by atoms with Gasteiger partial charge in [0.2, 0.25) is 0 Å². The molecule has 0 unspecified atom stereocenters. The van der Waals surface area contributed by atoms with Gasteiger partial charge in [-0.05, 0) is 56.7 Å². The van der Waals surface area contributed by atoms with Gasteiger partial charge in [0.05, 0.1) is 24.6 Å². The maximum atomic E-state index is 13.0. The molecule has 0 spiro atoms. The Kier molecular flexibility index (Phi) is 6.67. The van der Waals surface area contributed by atoms with Crippen LogP contribution in [0.2, 0.25) is 0 Å². The molecule has 0 saturated carbocycles. The van der Waals surface area contributed by atoms with E-state index in [1.54, 1.807) is 24.2 Å². The lowest BCUT2D eigenvalue weighted by molar-refractivity contribution is -0.113. The number of carbonyl (C=O) groups excluding carboxylic acids is 1. The molecule has 0 aliphatic carbocycles. The second-order valence-electron chi connectivity index (χ2n) is 6.69. The third-order valence-corrected chi connectivity index (χ3v) is 4.95. The molecule has 29 heavy (non-hydrogen) atoms. The zero-order valence-electron chi connectivity index (χ0n) is 17.0. The van der Waals surface area contributed by atoms with Crippen LogP contribution in [0.25, 0.3) is 6.08 Å². The highest BCUT2D eigenvalue weighted by molar-refractivity contribution is 7.14. The molecule has 0 radical (unpaired) electrons. The van der Waals surface area contributed by atoms with Gasteiger partial charge in [0, 0.05) is 11.5 Å². The van der Waals surface area contributed by atoms with Crippen LogP contribution in [0.1, 0.15) is 25.1 Å². The van der Waals surface area contributed by atoms with Crippen LogP contribution < -0.4 is 14.4 Å². The van der Waals surface area contributed by atoms with Crippen LogP contribution in [0.5, 0.6) is 11.5 Å². The number of anilines is 2. The number of para-hydroxylation sites is 1. The quantitative estimate of drug-likeness (QED) is 0.476. The van der Waals surface area contributed by atoms with Gasteiger partial charge in [-0.3, -0.25) is 9.69 Å². The predicted octanol–water partition coefficient (Wildman–Crippen LogP) is 5.63. The van der Waals surface area contributed by atoms with Gasteiger partial charge in [0.15, 0.2) is 16.6 Å². The van der Waals surface area contributed by atoms with Crippen LogP contribution in [-0.2, 0) is 4.79 Å². The van der Waals surface area contributed by atoms with Crippen molar-refractivity contribution in [3.63, 3.8) is 0 Å². The van der Waals surface area contributed by atoms with Crippen molar-refractivity contribution >= 4 is 34.1 Å². The van der Waals surface area contributed by atoms with Crippen molar-refractivity contribution in [2.45, 2.75) is 26.9 Å². The van der Waals surface area contributed by atoms with Crippen LogP contribution in [-0.4, -0.2) is 24.1 Å². The first-order chi connectivity index (χ1) is 14.0. The SMILES string of the molecule is COc1cc(C=CC(=O)N(c2ccccc2)c2nc(C)cs2)ccc1OC(C)C. The summed E-state index contributed by atoms with van der Waals surface area (Å²) in [4.78, 5) is 19.1. The second kappa shape index (κ2) is 9.39. The van der Waals surface area contributed by atoms with E-state index in [2.05, 4.69) is 4.98 Å². The first-order valence-electron chi connectivity index (χ1n) is 9.32. The molecule has 0 bridgehead atoms. The van der Waals surface area contributed by atoms with Crippen molar-refractivity contribution in [1.82, 2.24) is 4.98 Å². The highest BCUT2D eigenvalue weighted by Gasteiger charge is 2.18. The monoisotopic (exact) mass is 408 g/mol. The number of carbonyl (C=O) groups is 1. The third-order valence-electron chi connectivity index (χ3n) is 4.00. The Hall–Kier alpha value is -3.12. The van der Waals surface area contributed by atoms with Gasteiger partial charge in [0.1, 0.15) is 0 Å². The van der Waals surface area contributed by atoms with Gasteiger partial charge >= 0.3 is 0 Å². The van der Waals surface area contributed by atoms with Crippen LogP contribution >= 0.6 is 11.3 Å². The Bertz CT molecular complexity index is 996. The van der Waals surface area contributed by atoms with E-state index >= 15 is 0 Å². The van der Waals surface area contributed by atoms with E-state index in [9.17, 15) is 4.79 Å². The van der Waals surface area contributed by atoms with Crippen LogP contribution in [0.3, 0.4) is 0 Å². The summed E-state index contributed by atoms with van der Waals surface area (Å²) in [5.74, 6) is 1.13. The van der Waals surface area contributed by atoms with Gasteiger partial charge in [-0.15, -0.1) is 11.3 Å². The minimum atomic E-state index is -0.174. The maximum absolute atomic E-state index is 13.0. The molecule has 5 nitrogen and oxygen atoms in total. The van der Waals surface area contributed by atoms with Gasteiger partial charge in [-0.1, -0.05) is 24.3 Å². The van der Waals surface area contributed by atoms with E-state index in [1.165, 1.54) is 11.3 Å². The lowest BCUT2D eigenvalue weighted by Crippen LogP contribution is -2.23. The van der Waals surface area contributed by atoms with Gasteiger partial charge < -0.3 is 9.47 Å². The zero-order chi connectivity index (χ0) is 20.8. The predicted molar refractivity (Wildman–Crippen MR) is 118 cm³/mol. The van der Waals surface area contributed by atoms with Crippen LogP contribution in [0.15, 0.2) is 60.0 Å². The van der Waals surface area contributed by atoms with Crippen LogP contribution in [0.4, 0.5) is 10.8 Å². The van der Waals surface area contributed by atoms with Gasteiger partial charge in [0.25, 0.3) is 5.91 Å². The third kappa shape index (κ3) is 5.23. The van der Waals surface area contributed by atoms with E-state index < -0.39 is 0 Å². The number of hydrogen-bond acceptors (Lipinski definition) is 5. The van der Waals surface area contributed by atoms with Crippen molar-refractivity contribution < 1.29 is 14.3 Å². The first kappa shape index (κ1) is 20.6. The summed E-state index contributed by atoms with van der Waals surface area (Å²) in [6.45, 7) is 5.84. The highest BCUT2D eigenvalue weighted by atomic mass is 32.1. The fourth-order valence-corrected chi connectivity index (χ4v) is 3.56. The molecular weight excluding hydrogens is 384 g/mol. The molecule has 2 aromatic carbocycles. The summed E-state index contributed by atoms with van der Waals surface area (Å²) in [6, 6.07) is 15.1. The topological polar surface area (TPSA) is 51.7 Å². The smallest absolute Gasteiger partial charge is 0.257 e. The molecular formula is C23H24N2O3S. The summed E-state index contributed by atoms with van der Waals surface area (Å²) in [7, 11) is 1.60. The first-order valence-corrected chi connectivity index (χ1v) is 10.2. The Labute approximate surface area is 175 Å². The molecule has 0 aliphatic rings. The molecule has 3 aromatic rings. The summed E-state index contributed by atoms with van der Waals surface area (Å²) >= 11 is 1.44. The molecule has 0 fully saturated rings.